The lowest BCUT2D eigenvalue weighted by atomic mass is 10.1. The lowest BCUT2D eigenvalue weighted by Gasteiger charge is -2.17. The highest BCUT2D eigenvalue weighted by molar-refractivity contribution is 8.14. The quantitative estimate of drug-likeness (QED) is 0.785. The lowest BCUT2D eigenvalue weighted by molar-refractivity contribution is 0.0966. The Morgan fingerprint density at radius 3 is 2.61 bits per heavy atom. The predicted octanol–water partition coefficient (Wildman–Crippen LogP) is 3.78. The van der Waals surface area contributed by atoms with Crippen LogP contribution in [0.25, 0.3) is 0 Å². The number of Topliss-reactive ketones (excluding diaryl/α,β-unsaturated/α-hetero) is 1. The van der Waals surface area contributed by atoms with Gasteiger partial charge in [-0.15, -0.1) is 0 Å². The second kappa shape index (κ2) is 7.47. The summed E-state index contributed by atoms with van der Waals surface area (Å²) in [6.45, 7) is 3.98. The van der Waals surface area contributed by atoms with Gasteiger partial charge in [0, 0.05) is 17.9 Å². The highest BCUT2D eigenvalue weighted by atomic mass is 32.2. The van der Waals surface area contributed by atoms with Crippen molar-refractivity contribution in [1.82, 2.24) is 4.90 Å². The normalized spacial score (nSPS) is 16.0. The van der Waals surface area contributed by atoms with Crippen molar-refractivity contribution in [3.8, 4) is 0 Å². The number of nitrogens with zero attached hydrogens (tertiary/aromatic N) is 2. The molecule has 1 heterocycles. The van der Waals surface area contributed by atoms with Crippen LogP contribution in [0.2, 0.25) is 0 Å². The van der Waals surface area contributed by atoms with Gasteiger partial charge in [-0.05, 0) is 12.5 Å². The Labute approximate surface area is 141 Å². The van der Waals surface area contributed by atoms with Gasteiger partial charge in [0.15, 0.2) is 11.0 Å². The van der Waals surface area contributed by atoms with Crippen LogP contribution in [-0.4, -0.2) is 34.7 Å². The first-order chi connectivity index (χ1) is 11.2. The van der Waals surface area contributed by atoms with Crippen molar-refractivity contribution < 1.29 is 4.79 Å². The molecular weight excluding hydrogens is 304 g/mol. The molecule has 1 aliphatic heterocycles. The molecule has 1 aliphatic rings. The standard InChI is InChI=1S/C19H20N2OS/c1-15-7-9-17(10-8-15)18(22)14-21-11-12-23-19(21)20-13-16-5-3-2-4-6-16/h2-10H,11-14H2,1H3. The molecule has 1 fully saturated rings. The van der Waals surface area contributed by atoms with E-state index in [1.165, 1.54) is 11.1 Å². The predicted molar refractivity (Wildman–Crippen MR) is 97.1 cm³/mol. The first-order valence-corrected chi connectivity index (χ1v) is 8.77. The number of carbonyl (C=O) groups is 1. The zero-order valence-electron chi connectivity index (χ0n) is 13.2. The van der Waals surface area contributed by atoms with Crippen molar-refractivity contribution in [2.75, 3.05) is 18.8 Å². The summed E-state index contributed by atoms with van der Waals surface area (Å²) in [7, 11) is 0. The molecular formula is C19H20N2OS. The van der Waals surface area contributed by atoms with Gasteiger partial charge in [0.05, 0.1) is 13.1 Å². The Balaban J connectivity index is 1.64. The first kappa shape index (κ1) is 15.8. The number of benzene rings is 2. The number of amidine groups is 1. The number of aliphatic imine (C=N–C) groups is 1. The second-order valence-corrected chi connectivity index (χ2v) is 6.71. The van der Waals surface area contributed by atoms with E-state index in [1.54, 1.807) is 11.8 Å². The average Bonchev–Trinajstić information content (AvgIpc) is 3.01. The second-order valence-electron chi connectivity index (χ2n) is 5.64. The van der Waals surface area contributed by atoms with Gasteiger partial charge in [-0.1, -0.05) is 71.9 Å². The minimum atomic E-state index is 0.153. The van der Waals surface area contributed by atoms with Crippen LogP contribution in [0.1, 0.15) is 21.5 Å². The van der Waals surface area contributed by atoms with Crippen molar-refractivity contribution in [3.63, 3.8) is 0 Å². The minimum absolute atomic E-state index is 0.153. The monoisotopic (exact) mass is 324 g/mol. The summed E-state index contributed by atoms with van der Waals surface area (Å²) in [5, 5.41) is 0.981. The topological polar surface area (TPSA) is 32.7 Å². The van der Waals surface area contributed by atoms with Crippen molar-refractivity contribution in [2.24, 2.45) is 4.99 Å². The molecule has 3 rings (SSSR count). The number of hydrogen-bond donors (Lipinski definition) is 0. The Morgan fingerprint density at radius 1 is 1.13 bits per heavy atom. The minimum Gasteiger partial charge on any atom is -0.343 e. The first-order valence-electron chi connectivity index (χ1n) is 7.78. The fraction of sp³-hybridized carbons (Fsp3) is 0.263. The molecule has 1 saturated heterocycles. The van der Waals surface area contributed by atoms with Gasteiger partial charge >= 0.3 is 0 Å². The third-order valence-corrected chi connectivity index (χ3v) is 4.84. The Kier molecular flexibility index (Phi) is 5.13. The number of ketones is 1. The average molecular weight is 324 g/mol. The molecule has 0 saturated carbocycles. The van der Waals surface area contributed by atoms with Crippen LogP contribution in [0, 0.1) is 6.92 Å². The molecule has 0 unspecified atom stereocenters. The molecule has 0 N–H and O–H groups in total. The zero-order chi connectivity index (χ0) is 16.1. The van der Waals surface area contributed by atoms with E-state index in [0.717, 1.165) is 23.0 Å². The number of carbonyl (C=O) groups excluding carboxylic acids is 1. The molecule has 0 atom stereocenters. The summed E-state index contributed by atoms with van der Waals surface area (Å²) >= 11 is 1.73. The molecule has 0 amide bonds. The van der Waals surface area contributed by atoms with Gasteiger partial charge < -0.3 is 4.90 Å². The SMILES string of the molecule is Cc1ccc(C(=O)CN2CCSC2=NCc2ccccc2)cc1. The summed E-state index contributed by atoms with van der Waals surface area (Å²) in [5.41, 5.74) is 3.13. The van der Waals surface area contributed by atoms with Gasteiger partial charge in [0.1, 0.15) is 0 Å². The van der Waals surface area contributed by atoms with E-state index < -0.39 is 0 Å². The zero-order valence-corrected chi connectivity index (χ0v) is 14.1. The van der Waals surface area contributed by atoms with Crippen LogP contribution in [-0.2, 0) is 6.54 Å². The molecule has 0 aromatic heterocycles. The fourth-order valence-corrected chi connectivity index (χ4v) is 3.46. The van der Waals surface area contributed by atoms with E-state index in [4.69, 9.17) is 0 Å². The Hall–Kier alpha value is -2.07. The van der Waals surface area contributed by atoms with Crippen molar-refractivity contribution in [3.05, 3.63) is 71.3 Å². The van der Waals surface area contributed by atoms with Crippen molar-refractivity contribution in [2.45, 2.75) is 13.5 Å². The van der Waals surface area contributed by atoms with E-state index in [0.29, 0.717) is 13.1 Å². The van der Waals surface area contributed by atoms with Crippen LogP contribution in [0.15, 0.2) is 59.6 Å². The summed E-state index contributed by atoms with van der Waals surface area (Å²) in [4.78, 5) is 19.2. The van der Waals surface area contributed by atoms with Crippen molar-refractivity contribution >= 4 is 22.7 Å². The van der Waals surface area contributed by atoms with Gasteiger partial charge in [-0.3, -0.25) is 9.79 Å². The molecule has 0 aliphatic carbocycles. The molecule has 0 spiro atoms. The largest absolute Gasteiger partial charge is 0.343 e. The Bertz CT molecular complexity index is 695. The summed E-state index contributed by atoms with van der Waals surface area (Å²) < 4.78 is 0. The molecule has 4 heteroatoms. The van der Waals surface area contributed by atoms with E-state index in [1.807, 2.05) is 49.4 Å². The molecule has 2 aromatic rings. The molecule has 2 aromatic carbocycles. The van der Waals surface area contributed by atoms with Gasteiger partial charge in [-0.25, -0.2) is 0 Å². The Morgan fingerprint density at radius 2 is 1.87 bits per heavy atom. The van der Waals surface area contributed by atoms with Crippen LogP contribution in [0.3, 0.4) is 0 Å². The van der Waals surface area contributed by atoms with Gasteiger partial charge in [0.25, 0.3) is 0 Å². The van der Waals surface area contributed by atoms with E-state index >= 15 is 0 Å². The van der Waals surface area contributed by atoms with E-state index in [2.05, 4.69) is 22.0 Å². The number of rotatable bonds is 5. The highest BCUT2D eigenvalue weighted by Crippen LogP contribution is 2.19. The maximum Gasteiger partial charge on any atom is 0.182 e. The number of hydrogen-bond acceptors (Lipinski definition) is 3. The highest BCUT2D eigenvalue weighted by Gasteiger charge is 2.22. The maximum absolute atomic E-state index is 12.4. The van der Waals surface area contributed by atoms with Gasteiger partial charge in [0.2, 0.25) is 0 Å². The van der Waals surface area contributed by atoms with Crippen LogP contribution in [0.5, 0.6) is 0 Å². The van der Waals surface area contributed by atoms with Gasteiger partial charge in [-0.2, -0.15) is 0 Å². The van der Waals surface area contributed by atoms with Crippen LogP contribution < -0.4 is 0 Å². The number of thioether (sulfide) groups is 1. The summed E-state index contributed by atoms with van der Waals surface area (Å²) in [6.07, 6.45) is 0. The molecule has 0 radical (unpaired) electrons. The lowest BCUT2D eigenvalue weighted by Crippen LogP contribution is -2.30. The van der Waals surface area contributed by atoms with E-state index in [9.17, 15) is 4.79 Å². The molecule has 23 heavy (non-hydrogen) atoms. The fourth-order valence-electron chi connectivity index (χ4n) is 2.47. The van der Waals surface area contributed by atoms with Crippen LogP contribution >= 0.6 is 11.8 Å². The van der Waals surface area contributed by atoms with Crippen LogP contribution in [0.4, 0.5) is 0 Å². The summed E-state index contributed by atoms with van der Waals surface area (Å²) in [5.74, 6) is 1.15. The third-order valence-electron chi connectivity index (χ3n) is 3.81. The number of aryl methyl sites for hydroxylation is 1. The van der Waals surface area contributed by atoms with Crippen molar-refractivity contribution in [1.29, 1.82) is 0 Å². The smallest absolute Gasteiger partial charge is 0.182 e. The molecule has 3 nitrogen and oxygen atoms in total. The summed E-state index contributed by atoms with van der Waals surface area (Å²) in [6, 6.07) is 18.0. The molecule has 118 valence electrons. The van der Waals surface area contributed by atoms with E-state index in [-0.39, 0.29) is 5.78 Å². The maximum atomic E-state index is 12.4. The molecule has 0 bridgehead atoms. The third kappa shape index (κ3) is 4.23.